The van der Waals surface area contributed by atoms with Gasteiger partial charge in [-0.05, 0) is 54.5 Å². The lowest BCUT2D eigenvalue weighted by atomic mass is 9.88. The van der Waals surface area contributed by atoms with E-state index in [1.807, 2.05) is 0 Å². The van der Waals surface area contributed by atoms with E-state index in [1.165, 1.54) is 38.4 Å². The average molecular weight is 452 g/mol. The van der Waals surface area contributed by atoms with Crippen molar-refractivity contribution < 1.29 is 9.59 Å². The number of carbonyl (C=O) groups excluding carboxylic acids is 2. The summed E-state index contributed by atoms with van der Waals surface area (Å²) in [5.41, 5.74) is 8.01. The topological polar surface area (TPSA) is 52.7 Å². The Morgan fingerprint density at radius 3 is 2.26 bits per heavy atom. The lowest BCUT2D eigenvalue weighted by Crippen LogP contribution is -2.48. The summed E-state index contributed by atoms with van der Waals surface area (Å²) >= 11 is 0. The maximum Gasteiger partial charge on any atom is 0.252 e. The molecule has 2 heterocycles. The molecule has 1 N–H and O–H groups in total. The molecule has 1 unspecified atom stereocenters. The van der Waals surface area contributed by atoms with Crippen LogP contribution in [0, 0.1) is 0 Å². The Morgan fingerprint density at radius 2 is 1.65 bits per heavy atom. The molecule has 5 heteroatoms. The quantitative estimate of drug-likeness (QED) is 0.581. The van der Waals surface area contributed by atoms with Crippen molar-refractivity contribution in [3.05, 3.63) is 100 Å². The second-order valence-corrected chi connectivity index (χ2v) is 8.91. The summed E-state index contributed by atoms with van der Waals surface area (Å²) in [7, 11) is 0. The monoisotopic (exact) mass is 451 g/mol. The molecule has 0 bridgehead atoms. The van der Waals surface area contributed by atoms with Crippen LogP contribution in [-0.2, 0) is 9.59 Å². The molecule has 5 nitrogen and oxygen atoms in total. The van der Waals surface area contributed by atoms with Gasteiger partial charge >= 0.3 is 0 Å². The fourth-order valence-corrected chi connectivity index (χ4v) is 5.03. The molecule has 2 aromatic rings. The second-order valence-electron chi connectivity index (χ2n) is 8.91. The third-order valence-electron chi connectivity index (χ3n) is 6.77. The number of carbonyl (C=O) groups is 2. The summed E-state index contributed by atoms with van der Waals surface area (Å²) < 4.78 is 0. The Labute approximate surface area is 200 Å². The summed E-state index contributed by atoms with van der Waals surface area (Å²) in [6.45, 7) is 3.37. The number of hydrogen-bond acceptors (Lipinski definition) is 3. The highest BCUT2D eigenvalue weighted by Crippen LogP contribution is 2.39. The lowest BCUT2D eigenvalue weighted by Gasteiger charge is -2.39. The van der Waals surface area contributed by atoms with Gasteiger partial charge in [-0.25, -0.2) is 0 Å². The number of likely N-dealkylation sites (tertiary alicyclic amines) is 1. The molecular formula is C29H29N3O2. The third kappa shape index (κ3) is 4.21. The molecule has 0 saturated carbocycles. The summed E-state index contributed by atoms with van der Waals surface area (Å²) in [6.07, 6.45) is 13.3. The molecule has 0 spiro atoms. The van der Waals surface area contributed by atoms with E-state index >= 15 is 0 Å². The van der Waals surface area contributed by atoms with Gasteiger partial charge in [0.25, 0.3) is 5.91 Å². The van der Waals surface area contributed by atoms with Gasteiger partial charge in [0.1, 0.15) is 0 Å². The van der Waals surface area contributed by atoms with Gasteiger partial charge in [-0.3, -0.25) is 9.59 Å². The van der Waals surface area contributed by atoms with Crippen molar-refractivity contribution in [3.8, 4) is 0 Å². The van der Waals surface area contributed by atoms with E-state index in [1.54, 1.807) is 18.4 Å². The minimum Gasteiger partial charge on any atom is -0.354 e. The van der Waals surface area contributed by atoms with Crippen LogP contribution in [0.2, 0.25) is 0 Å². The summed E-state index contributed by atoms with van der Waals surface area (Å²) in [5, 5.41) is 3.20. The van der Waals surface area contributed by atoms with Crippen molar-refractivity contribution in [3.63, 3.8) is 0 Å². The zero-order valence-corrected chi connectivity index (χ0v) is 19.4. The summed E-state index contributed by atoms with van der Waals surface area (Å²) in [5.74, 6) is -0.118. The minimum absolute atomic E-state index is 0.118. The molecular weight excluding hydrogens is 422 g/mol. The van der Waals surface area contributed by atoms with Crippen molar-refractivity contribution in [1.82, 2.24) is 15.1 Å². The maximum absolute atomic E-state index is 13.0. The second kappa shape index (κ2) is 9.56. The van der Waals surface area contributed by atoms with Gasteiger partial charge in [-0.15, -0.1) is 0 Å². The Kier molecular flexibility index (Phi) is 6.17. The zero-order valence-electron chi connectivity index (χ0n) is 19.4. The molecule has 2 amide bonds. The molecule has 5 rings (SSSR count). The van der Waals surface area contributed by atoms with Gasteiger partial charge < -0.3 is 15.1 Å². The van der Waals surface area contributed by atoms with Crippen molar-refractivity contribution in [2.45, 2.75) is 32.4 Å². The standard InChI is InChI=1S/C29H29N3O2/c1-21(30-29(34)24-15-18-31(20-33)19-16-24)32-17-7-6-12-27(32)28-25-10-4-2-8-22(25)13-14-23-9-3-5-11-26(23)28/h2-5,8-11,13-16,18,20-21H,6-7,12,17,19H2,1H3,(H,30,34). The van der Waals surface area contributed by atoms with Crippen LogP contribution < -0.4 is 5.32 Å². The number of nitrogens with one attached hydrogen (secondary N) is 1. The van der Waals surface area contributed by atoms with Crippen LogP contribution in [0.25, 0.3) is 17.7 Å². The highest BCUT2D eigenvalue weighted by atomic mass is 16.2. The zero-order chi connectivity index (χ0) is 23.5. The number of rotatable bonds is 4. The fourth-order valence-electron chi connectivity index (χ4n) is 5.03. The molecule has 172 valence electrons. The Bertz CT molecular complexity index is 1190. The van der Waals surface area contributed by atoms with Crippen molar-refractivity contribution in [2.75, 3.05) is 13.1 Å². The van der Waals surface area contributed by atoms with Gasteiger partial charge in [0, 0.05) is 36.1 Å². The SMILES string of the molecule is CC(NC(=O)C1=CCN(C=O)C=C1)N1CCCCC1=C1c2ccccc2C=Cc2ccccc21. The number of amides is 2. The number of piperidine rings is 1. The first-order chi connectivity index (χ1) is 16.7. The molecule has 1 fully saturated rings. The van der Waals surface area contributed by atoms with Crippen LogP contribution in [0.1, 0.15) is 48.4 Å². The van der Waals surface area contributed by atoms with E-state index in [-0.39, 0.29) is 12.1 Å². The van der Waals surface area contributed by atoms with Crippen LogP contribution in [-0.4, -0.2) is 41.4 Å². The van der Waals surface area contributed by atoms with Crippen molar-refractivity contribution in [1.29, 1.82) is 0 Å². The minimum atomic E-state index is -0.163. The highest BCUT2D eigenvalue weighted by Gasteiger charge is 2.28. The summed E-state index contributed by atoms with van der Waals surface area (Å²) in [4.78, 5) is 27.8. The third-order valence-corrected chi connectivity index (χ3v) is 6.77. The summed E-state index contributed by atoms with van der Waals surface area (Å²) in [6, 6.07) is 17.1. The Hall–Kier alpha value is -3.86. The Morgan fingerprint density at radius 1 is 0.971 bits per heavy atom. The first-order valence-corrected chi connectivity index (χ1v) is 11.9. The lowest BCUT2D eigenvalue weighted by molar-refractivity contribution is -0.119. The van der Waals surface area contributed by atoms with E-state index in [0.29, 0.717) is 12.1 Å². The largest absolute Gasteiger partial charge is 0.354 e. The van der Waals surface area contributed by atoms with Crippen LogP contribution >= 0.6 is 0 Å². The van der Waals surface area contributed by atoms with Gasteiger partial charge in [-0.1, -0.05) is 66.8 Å². The van der Waals surface area contributed by atoms with E-state index in [0.717, 1.165) is 32.2 Å². The molecule has 2 aromatic carbocycles. The number of hydrogen-bond donors (Lipinski definition) is 1. The van der Waals surface area contributed by atoms with Crippen LogP contribution in [0.5, 0.6) is 0 Å². The normalized spacial score (nSPS) is 18.0. The predicted molar refractivity (Wildman–Crippen MR) is 136 cm³/mol. The number of benzene rings is 2. The highest BCUT2D eigenvalue weighted by molar-refractivity contribution is 5.97. The van der Waals surface area contributed by atoms with Gasteiger partial charge in [-0.2, -0.15) is 0 Å². The molecule has 1 atom stereocenters. The first kappa shape index (κ1) is 22.0. The molecule has 2 aliphatic heterocycles. The van der Waals surface area contributed by atoms with Crippen LogP contribution in [0.3, 0.4) is 0 Å². The van der Waals surface area contributed by atoms with Gasteiger partial charge in [0.15, 0.2) is 0 Å². The van der Waals surface area contributed by atoms with Crippen molar-refractivity contribution in [2.24, 2.45) is 0 Å². The Balaban J connectivity index is 1.51. The number of allylic oxidation sites excluding steroid dienone is 1. The molecule has 0 radical (unpaired) electrons. The number of fused-ring (bicyclic) bond motifs is 2. The van der Waals surface area contributed by atoms with Crippen LogP contribution in [0.15, 0.2) is 78.2 Å². The van der Waals surface area contributed by atoms with E-state index in [9.17, 15) is 9.59 Å². The van der Waals surface area contributed by atoms with Gasteiger partial charge in [0.2, 0.25) is 6.41 Å². The molecule has 0 aromatic heterocycles. The van der Waals surface area contributed by atoms with E-state index in [2.05, 4.69) is 77.8 Å². The average Bonchev–Trinajstić information content (AvgIpc) is 3.05. The number of nitrogens with zero attached hydrogens (tertiary/aromatic N) is 2. The molecule has 1 saturated heterocycles. The molecule has 3 aliphatic rings. The molecule has 34 heavy (non-hydrogen) atoms. The van der Waals surface area contributed by atoms with E-state index < -0.39 is 0 Å². The fraction of sp³-hybridized carbons (Fsp3) is 0.241. The predicted octanol–water partition coefficient (Wildman–Crippen LogP) is 4.79. The maximum atomic E-state index is 13.0. The van der Waals surface area contributed by atoms with E-state index in [4.69, 9.17) is 0 Å². The van der Waals surface area contributed by atoms with Crippen molar-refractivity contribution >= 4 is 30.0 Å². The first-order valence-electron chi connectivity index (χ1n) is 11.9. The van der Waals surface area contributed by atoms with Crippen LogP contribution in [0.4, 0.5) is 0 Å². The molecule has 1 aliphatic carbocycles. The van der Waals surface area contributed by atoms with Gasteiger partial charge in [0.05, 0.1) is 6.17 Å². The smallest absolute Gasteiger partial charge is 0.252 e.